The molecule has 1 aliphatic rings. The van der Waals surface area contributed by atoms with E-state index in [0.29, 0.717) is 10.6 Å². The van der Waals surface area contributed by atoms with Gasteiger partial charge in [0.1, 0.15) is 5.78 Å². The van der Waals surface area contributed by atoms with Gasteiger partial charge in [0.25, 0.3) is 0 Å². The molecule has 2 nitrogen and oxygen atoms in total. The second kappa shape index (κ2) is 5.45. The minimum absolute atomic E-state index is 0.0271. The molecule has 1 saturated carbocycles. The van der Waals surface area contributed by atoms with Crippen molar-refractivity contribution in [3.8, 4) is 0 Å². The summed E-state index contributed by atoms with van der Waals surface area (Å²) in [5.74, 6) is 0.135. The molecule has 1 aromatic carbocycles. The highest BCUT2D eigenvalue weighted by molar-refractivity contribution is 7.98. The first kappa shape index (κ1) is 13.6. The Kier molecular flexibility index (Phi) is 4.13. The van der Waals surface area contributed by atoms with E-state index in [4.69, 9.17) is 11.6 Å². The Hall–Kier alpha value is -0.800. The Labute approximate surface area is 116 Å². The maximum absolute atomic E-state index is 12.2. The van der Waals surface area contributed by atoms with E-state index in [0.717, 1.165) is 23.3 Å². The smallest absolute Gasteiger partial charge is 0.171 e. The normalized spacial score (nSPS) is 14.6. The van der Waals surface area contributed by atoms with Crippen LogP contribution in [0.1, 0.15) is 35.2 Å². The monoisotopic (exact) mass is 282 g/mol. The third-order valence-corrected chi connectivity index (χ3v) is 4.56. The number of Topliss-reactive ketones (excluding diaryl/α,β-unsaturated/α-hetero) is 2. The van der Waals surface area contributed by atoms with E-state index in [9.17, 15) is 9.59 Å². The Morgan fingerprint density at radius 2 is 2.06 bits per heavy atom. The van der Waals surface area contributed by atoms with E-state index < -0.39 is 0 Å². The largest absolute Gasteiger partial charge is 0.299 e. The van der Waals surface area contributed by atoms with Gasteiger partial charge in [0.2, 0.25) is 0 Å². The van der Waals surface area contributed by atoms with Crippen molar-refractivity contribution < 1.29 is 9.59 Å². The first-order chi connectivity index (χ1) is 8.54. The Morgan fingerprint density at radius 1 is 1.39 bits per heavy atom. The van der Waals surface area contributed by atoms with Crippen molar-refractivity contribution in [1.82, 2.24) is 0 Å². The van der Waals surface area contributed by atoms with Gasteiger partial charge >= 0.3 is 0 Å². The molecule has 4 heteroatoms. The predicted octanol–water partition coefficient (Wildman–Crippen LogP) is 3.92. The van der Waals surface area contributed by atoms with Gasteiger partial charge < -0.3 is 0 Å². The van der Waals surface area contributed by atoms with Crippen LogP contribution in [-0.4, -0.2) is 17.8 Å². The molecule has 1 aliphatic carbocycles. The van der Waals surface area contributed by atoms with E-state index in [2.05, 4.69) is 0 Å². The predicted molar refractivity (Wildman–Crippen MR) is 74.6 cm³/mol. The maximum atomic E-state index is 12.2. The molecule has 0 saturated heterocycles. The second-order valence-corrected chi connectivity index (χ2v) is 5.82. The zero-order valence-corrected chi connectivity index (χ0v) is 12.0. The highest BCUT2D eigenvalue weighted by atomic mass is 35.5. The summed E-state index contributed by atoms with van der Waals surface area (Å²) in [7, 11) is 0. The van der Waals surface area contributed by atoms with Crippen LogP contribution in [0.2, 0.25) is 5.02 Å². The fourth-order valence-electron chi connectivity index (χ4n) is 1.95. The summed E-state index contributed by atoms with van der Waals surface area (Å²) >= 11 is 7.54. The fraction of sp³-hybridized carbons (Fsp3) is 0.429. The SMILES string of the molecule is CSc1c(C(=O)CC(=O)C2CC2)ccc(Cl)c1C. The number of hydrogen-bond acceptors (Lipinski definition) is 3. The lowest BCUT2D eigenvalue weighted by Gasteiger charge is -2.10. The van der Waals surface area contributed by atoms with Gasteiger partial charge in [-0.25, -0.2) is 0 Å². The summed E-state index contributed by atoms with van der Waals surface area (Å²) in [6, 6.07) is 3.45. The quantitative estimate of drug-likeness (QED) is 0.466. The van der Waals surface area contributed by atoms with Gasteiger partial charge in [0.15, 0.2) is 5.78 Å². The summed E-state index contributed by atoms with van der Waals surface area (Å²) in [5, 5.41) is 0.657. The van der Waals surface area contributed by atoms with Crippen LogP contribution < -0.4 is 0 Å². The van der Waals surface area contributed by atoms with E-state index in [-0.39, 0.29) is 23.9 Å². The van der Waals surface area contributed by atoms with Gasteiger partial charge in [0, 0.05) is 21.4 Å². The standard InChI is InChI=1S/C14H15ClO2S/c1-8-11(15)6-5-10(14(8)18-2)13(17)7-12(16)9-3-4-9/h5-6,9H,3-4,7H2,1-2H3. The van der Waals surface area contributed by atoms with Crippen LogP contribution in [0.25, 0.3) is 0 Å². The van der Waals surface area contributed by atoms with Gasteiger partial charge in [-0.1, -0.05) is 11.6 Å². The lowest BCUT2D eigenvalue weighted by atomic mass is 10.0. The third-order valence-electron chi connectivity index (χ3n) is 3.21. The highest BCUT2D eigenvalue weighted by Crippen LogP contribution is 2.33. The maximum Gasteiger partial charge on any atom is 0.171 e. The number of benzene rings is 1. The van der Waals surface area contributed by atoms with Gasteiger partial charge in [-0.05, 0) is 43.7 Å². The molecule has 0 aromatic heterocycles. The van der Waals surface area contributed by atoms with Gasteiger partial charge in [-0.3, -0.25) is 9.59 Å². The van der Waals surface area contributed by atoms with Crippen LogP contribution in [0.3, 0.4) is 0 Å². The summed E-state index contributed by atoms with van der Waals surface area (Å²) in [6.07, 6.45) is 3.83. The van der Waals surface area contributed by atoms with E-state index in [1.807, 2.05) is 13.2 Å². The molecule has 96 valence electrons. The number of halogens is 1. The van der Waals surface area contributed by atoms with Crippen LogP contribution in [0, 0.1) is 12.8 Å². The summed E-state index contributed by atoms with van der Waals surface area (Å²) in [6.45, 7) is 1.90. The fourth-order valence-corrected chi connectivity index (χ4v) is 2.98. The van der Waals surface area contributed by atoms with E-state index in [1.54, 1.807) is 12.1 Å². The first-order valence-corrected chi connectivity index (χ1v) is 7.54. The zero-order chi connectivity index (χ0) is 13.3. The molecule has 0 unspecified atom stereocenters. The summed E-state index contributed by atoms with van der Waals surface area (Å²) < 4.78 is 0. The zero-order valence-electron chi connectivity index (χ0n) is 10.5. The van der Waals surface area contributed by atoms with Crippen LogP contribution >= 0.6 is 23.4 Å². The van der Waals surface area contributed by atoms with Crippen molar-refractivity contribution in [2.24, 2.45) is 5.92 Å². The minimum atomic E-state index is -0.0870. The van der Waals surface area contributed by atoms with Crippen molar-refractivity contribution in [2.45, 2.75) is 31.1 Å². The molecule has 0 spiro atoms. The van der Waals surface area contributed by atoms with Gasteiger partial charge in [-0.2, -0.15) is 0 Å². The number of carbonyl (C=O) groups excluding carboxylic acids is 2. The van der Waals surface area contributed by atoms with Crippen molar-refractivity contribution >= 4 is 34.9 Å². The Bertz CT molecular complexity index is 507. The molecule has 0 atom stereocenters. The second-order valence-electron chi connectivity index (χ2n) is 4.59. The number of carbonyl (C=O) groups is 2. The summed E-state index contributed by atoms with van der Waals surface area (Å²) in [5.41, 5.74) is 1.53. The molecule has 0 bridgehead atoms. The molecule has 0 heterocycles. The molecule has 0 N–H and O–H groups in total. The van der Waals surface area contributed by atoms with Crippen LogP contribution in [0.4, 0.5) is 0 Å². The molecule has 0 aliphatic heterocycles. The van der Waals surface area contributed by atoms with Gasteiger partial charge in [-0.15, -0.1) is 11.8 Å². The van der Waals surface area contributed by atoms with Crippen LogP contribution in [0.15, 0.2) is 17.0 Å². The Balaban J connectivity index is 2.23. The van der Waals surface area contributed by atoms with Crippen molar-refractivity contribution in [1.29, 1.82) is 0 Å². The minimum Gasteiger partial charge on any atom is -0.299 e. The summed E-state index contributed by atoms with van der Waals surface area (Å²) in [4.78, 5) is 24.7. The van der Waals surface area contributed by atoms with Gasteiger partial charge in [0.05, 0.1) is 6.42 Å². The van der Waals surface area contributed by atoms with Crippen molar-refractivity contribution in [3.63, 3.8) is 0 Å². The molecule has 2 rings (SSSR count). The molecule has 1 fully saturated rings. The molecule has 0 radical (unpaired) electrons. The average molecular weight is 283 g/mol. The molecule has 0 amide bonds. The number of hydrogen-bond donors (Lipinski definition) is 0. The average Bonchev–Trinajstić information content (AvgIpc) is 3.16. The van der Waals surface area contributed by atoms with E-state index in [1.165, 1.54) is 11.8 Å². The van der Waals surface area contributed by atoms with Crippen LogP contribution in [0.5, 0.6) is 0 Å². The molecular weight excluding hydrogens is 268 g/mol. The number of thioether (sulfide) groups is 1. The first-order valence-electron chi connectivity index (χ1n) is 5.93. The van der Waals surface area contributed by atoms with Crippen molar-refractivity contribution in [3.05, 3.63) is 28.3 Å². The Morgan fingerprint density at radius 3 is 2.61 bits per heavy atom. The van der Waals surface area contributed by atoms with Crippen molar-refractivity contribution in [2.75, 3.05) is 6.26 Å². The lowest BCUT2D eigenvalue weighted by molar-refractivity contribution is -0.119. The lowest BCUT2D eigenvalue weighted by Crippen LogP contribution is -2.11. The highest BCUT2D eigenvalue weighted by Gasteiger charge is 2.31. The number of rotatable bonds is 5. The molecular formula is C14H15ClO2S. The van der Waals surface area contributed by atoms with Crippen LogP contribution in [-0.2, 0) is 4.79 Å². The molecule has 1 aromatic rings. The topological polar surface area (TPSA) is 34.1 Å². The van der Waals surface area contributed by atoms with E-state index >= 15 is 0 Å². The number of ketones is 2. The molecule has 18 heavy (non-hydrogen) atoms. The third kappa shape index (κ3) is 2.78.